The fourth-order valence-corrected chi connectivity index (χ4v) is 2.21. The van der Waals surface area contributed by atoms with Crippen LogP contribution in [0.4, 0.5) is 0 Å². The molecule has 4 heteroatoms. The maximum atomic E-state index is 10.1. The molecule has 0 aliphatic heterocycles. The van der Waals surface area contributed by atoms with E-state index >= 15 is 0 Å². The third-order valence-corrected chi connectivity index (χ3v) is 3.49. The molecular formula is C18H30N2O2. The predicted molar refractivity (Wildman–Crippen MR) is 90.3 cm³/mol. The van der Waals surface area contributed by atoms with Crippen molar-refractivity contribution in [3.8, 4) is 5.75 Å². The minimum absolute atomic E-state index is 0.460. The zero-order chi connectivity index (χ0) is 16.1. The van der Waals surface area contributed by atoms with Crippen molar-refractivity contribution < 1.29 is 9.84 Å². The van der Waals surface area contributed by atoms with Gasteiger partial charge in [0.15, 0.2) is 5.72 Å². The molecule has 1 aromatic carbocycles. The number of hydrogen-bond acceptors (Lipinski definition) is 4. The number of azo groups is 1. The van der Waals surface area contributed by atoms with Crippen LogP contribution >= 0.6 is 0 Å². The molecule has 0 aromatic heterocycles. The molecule has 0 saturated carbocycles. The Kier molecular flexibility index (Phi) is 9.47. The topological polar surface area (TPSA) is 54.2 Å². The van der Waals surface area contributed by atoms with Crippen molar-refractivity contribution >= 4 is 0 Å². The summed E-state index contributed by atoms with van der Waals surface area (Å²) in [5.74, 6) is 0.830. The van der Waals surface area contributed by atoms with Gasteiger partial charge in [0.1, 0.15) is 12.4 Å². The molecule has 0 spiro atoms. The molecule has 0 aliphatic carbocycles. The number of benzene rings is 1. The SMILES string of the molecule is CCCCCCCCC(C)(O)/N=N/CCOc1ccccc1. The maximum Gasteiger partial charge on any atom is 0.173 e. The Hall–Kier alpha value is -1.42. The first-order chi connectivity index (χ1) is 10.6. The lowest BCUT2D eigenvalue weighted by atomic mass is 10.1. The molecule has 1 unspecified atom stereocenters. The van der Waals surface area contributed by atoms with Crippen LogP contribution < -0.4 is 4.74 Å². The second-order valence-electron chi connectivity index (χ2n) is 5.86. The number of ether oxygens (including phenoxy) is 1. The van der Waals surface area contributed by atoms with E-state index in [2.05, 4.69) is 17.2 Å². The lowest BCUT2D eigenvalue weighted by molar-refractivity contribution is 0.0488. The summed E-state index contributed by atoms with van der Waals surface area (Å²) in [6.45, 7) is 4.87. The smallest absolute Gasteiger partial charge is 0.173 e. The Morgan fingerprint density at radius 3 is 2.45 bits per heavy atom. The highest BCUT2D eigenvalue weighted by molar-refractivity contribution is 5.20. The third-order valence-electron chi connectivity index (χ3n) is 3.49. The van der Waals surface area contributed by atoms with Crippen LogP contribution in [-0.2, 0) is 0 Å². The molecule has 0 aliphatic rings. The second-order valence-corrected chi connectivity index (χ2v) is 5.86. The largest absolute Gasteiger partial charge is 0.492 e. The molecule has 1 aromatic rings. The van der Waals surface area contributed by atoms with Gasteiger partial charge in [0.25, 0.3) is 0 Å². The highest BCUT2D eigenvalue weighted by atomic mass is 16.5. The molecule has 4 nitrogen and oxygen atoms in total. The van der Waals surface area contributed by atoms with Crippen molar-refractivity contribution in [2.24, 2.45) is 10.2 Å². The van der Waals surface area contributed by atoms with Crippen LogP contribution in [0.5, 0.6) is 5.75 Å². The highest BCUT2D eigenvalue weighted by Crippen LogP contribution is 2.17. The summed E-state index contributed by atoms with van der Waals surface area (Å²) in [4.78, 5) is 0. The summed E-state index contributed by atoms with van der Waals surface area (Å²) in [6, 6.07) is 9.63. The van der Waals surface area contributed by atoms with Gasteiger partial charge in [-0.15, -0.1) is 0 Å². The molecule has 0 bridgehead atoms. The van der Waals surface area contributed by atoms with Gasteiger partial charge in [-0.1, -0.05) is 57.2 Å². The maximum absolute atomic E-state index is 10.1. The van der Waals surface area contributed by atoms with Gasteiger partial charge >= 0.3 is 0 Å². The first-order valence-electron chi connectivity index (χ1n) is 8.43. The van der Waals surface area contributed by atoms with Gasteiger partial charge in [-0.2, -0.15) is 10.2 Å². The van der Waals surface area contributed by atoms with Gasteiger partial charge in [-0.25, -0.2) is 0 Å². The molecule has 1 N–H and O–H groups in total. The van der Waals surface area contributed by atoms with E-state index in [0.29, 0.717) is 19.6 Å². The average Bonchev–Trinajstić information content (AvgIpc) is 2.51. The number of nitrogens with zero attached hydrogens (tertiary/aromatic N) is 2. The van der Waals surface area contributed by atoms with Crippen molar-refractivity contribution in [3.63, 3.8) is 0 Å². The van der Waals surface area contributed by atoms with Gasteiger partial charge in [-0.3, -0.25) is 0 Å². The lowest BCUT2D eigenvalue weighted by Crippen LogP contribution is -2.20. The minimum Gasteiger partial charge on any atom is -0.492 e. The van der Waals surface area contributed by atoms with E-state index in [9.17, 15) is 5.11 Å². The molecule has 0 saturated heterocycles. The summed E-state index contributed by atoms with van der Waals surface area (Å²) in [6.07, 6.45) is 7.92. The number of para-hydroxylation sites is 1. The number of rotatable bonds is 12. The Bertz CT molecular complexity index is 405. The monoisotopic (exact) mass is 306 g/mol. The standard InChI is InChI=1S/C18H30N2O2/c1-3-4-5-6-7-11-14-18(2,21)20-19-15-16-22-17-12-9-8-10-13-17/h8-10,12-13,21H,3-7,11,14-16H2,1-2H3/b20-19+. The molecule has 124 valence electrons. The van der Waals surface area contributed by atoms with E-state index in [1.807, 2.05) is 30.3 Å². The van der Waals surface area contributed by atoms with Crippen molar-refractivity contribution in [3.05, 3.63) is 30.3 Å². The van der Waals surface area contributed by atoms with E-state index in [4.69, 9.17) is 4.74 Å². The van der Waals surface area contributed by atoms with Gasteiger partial charge in [-0.05, 0) is 31.9 Å². The molecule has 0 fully saturated rings. The van der Waals surface area contributed by atoms with E-state index in [0.717, 1.165) is 18.6 Å². The first-order valence-corrected chi connectivity index (χ1v) is 8.43. The van der Waals surface area contributed by atoms with Crippen LogP contribution in [0.3, 0.4) is 0 Å². The molecule has 0 radical (unpaired) electrons. The average molecular weight is 306 g/mol. The second kappa shape index (κ2) is 11.2. The molecule has 22 heavy (non-hydrogen) atoms. The van der Waals surface area contributed by atoms with Crippen LogP contribution in [0.2, 0.25) is 0 Å². The molecule has 0 heterocycles. The molecule has 0 amide bonds. The van der Waals surface area contributed by atoms with E-state index in [-0.39, 0.29) is 0 Å². The fraction of sp³-hybridized carbons (Fsp3) is 0.667. The summed E-state index contributed by atoms with van der Waals surface area (Å²) >= 11 is 0. The van der Waals surface area contributed by atoms with Crippen molar-refractivity contribution in [1.29, 1.82) is 0 Å². The molecule has 1 atom stereocenters. The van der Waals surface area contributed by atoms with Crippen molar-refractivity contribution in [1.82, 2.24) is 0 Å². The van der Waals surface area contributed by atoms with Gasteiger partial charge in [0.05, 0.1) is 6.54 Å². The third kappa shape index (κ3) is 9.50. The van der Waals surface area contributed by atoms with Gasteiger partial charge in [0.2, 0.25) is 0 Å². The van der Waals surface area contributed by atoms with Crippen molar-refractivity contribution in [2.75, 3.05) is 13.2 Å². The quantitative estimate of drug-likeness (QED) is 0.437. The summed E-state index contributed by atoms with van der Waals surface area (Å²) in [5.41, 5.74) is -1.04. The summed E-state index contributed by atoms with van der Waals surface area (Å²) in [7, 11) is 0. The number of unbranched alkanes of at least 4 members (excludes halogenated alkanes) is 5. The Morgan fingerprint density at radius 1 is 1.05 bits per heavy atom. The number of hydrogen-bond donors (Lipinski definition) is 1. The number of aliphatic hydroxyl groups is 1. The first kappa shape index (κ1) is 18.6. The molecule has 1 rings (SSSR count). The van der Waals surface area contributed by atoms with Crippen LogP contribution in [-0.4, -0.2) is 24.0 Å². The van der Waals surface area contributed by atoms with Crippen molar-refractivity contribution in [2.45, 2.75) is 64.5 Å². The molecular weight excluding hydrogens is 276 g/mol. The Balaban J connectivity index is 2.09. The van der Waals surface area contributed by atoms with Crippen LogP contribution in [0, 0.1) is 0 Å². The minimum atomic E-state index is -1.04. The van der Waals surface area contributed by atoms with Crippen LogP contribution in [0.1, 0.15) is 58.8 Å². The van der Waals surface area contributed by atoms with E-state index < -0.39 is 5.72 Å². The van der Waals surface area contributed by atoms with Crippen LogP contribution in [0.15, 0.2) is 40.6 Å². The zero-order valence-electron chi connectivity index (χ0n) is 14.0. The zero-order valence-corrected chi connectivity index (χ0v) is 14.0. The van der Waals surface area contributed by atoms with E-state index in [1.54, 1.807) is 6.92 Å². The fourth-order valence-electron chi connectivity index (χ4n) is 2.21. The van der Waals surface area contributed by atoms with E-state index in [1.165, 1.54) is 25.7 Å². The Morgan fingerprint density at radius 2 is 1.73 bits per heavy atom. The summed E-state index contributed by atoms with van der Waals surface area (Å²) < 4.78 is 5.52. The highest BCUT2D eigenvalue weighted by Gasteiger charge is 2.17. The van der Waals surface area contributed by atoms with Gasteiger partial charge in [0, 0.05) is 0 Å². The van der Waals surface area contributed by atoms with Crippen LogP contribution in [0.25, 0.3) is 0 Å². The Labute approximate surface area is 134 Å². The normalized spacial score (nSPS) is 14.1. The summed E-state index contributed by atoms with van der Waals surface area (Å²) in [5, 5.41) is 18.2. The predicted octanol–water partition coefficient (Wildman–Crippen LogP) is 4.98. The lowest BCUT2D eigenvalue weighted by Gasteiger charge is -2.16. The van der Waals surface area contributed by atoms with Gasteiger partial charge < -0.3 is 9.84 Å².